The molecule has 1 aromatic rings. The van der Waals surface area contributed by atoms with E-state index in [0.29, 0.717) is 29.5 Å². The Morgan fingerprint density at radius 1 is 1.21 bits per heavy atom. The lowest BCUT2D eigenvalue weighted by atomic mass is 9.84. The Hall–Kier alpha value is -1.55. The number of benzene rings is 1. The highest BCUT2D eigenvalue weighted by molar-refractivity contribution is 6.30. The van der Waals surface area contributed by atoms with Crippen molar-refractivity contribution in [3.63, 3.8) is 0 Å². The fraction of sp³-hybridized carbons (Fsp3) is 0.579. The maximum Gasteiger partial charge on any atom is 0.251 e. The van der Waals surface area contributed by atoms with E-state index in [1.54, 1.807) is 24.3 Å². The molecule has 2 N–H and O–H groups in total. The number of hydrogen-bond acceptors (Lipinski definition) is 2. The van der Waals surface area contributed by atoms with Crippen molar-refractivity contribution in [2.75, 3.05) is 6.54 Å². The van der Waals surface area contributed by atoms with E-state index in [-0.39, 0.29) is 17.9 Å². The molecule has 130 valence electrons. The molecule has 0 unspecified atom stereocenters. The summed E-state index contributed by atoms with van der Waals surface area (Å²) in [6.07, 6.45) is 5.62. The quantitative estimate of drug-likeness (QED) is 0.827. The molecule has 0 spiro atoms. The molecule has 0 heterocycles. The minimum atomic E-state index is -0.180. The van der Waals surface area contributed by atoms with Gasteiger partial charge in [0.1, 0.15) is 0 Å². The van der Waals surface area contributed by atoms with Crippen LogP contribution in [-0.4, -0.2) is 24.4 Å². The third-order valence-electron chi connectivity index (χ3n) is 5.57. The number of carbonyl (C=O) groups excluding carboxylic acids is 2. The molecule has 3 rings (SSSR count). The molecule has 4 nitrogen and oxygen atoms in total. The Morgan fingerprint density at radius 3 is 2.58 bits per heavy atom. The molecule has 0 aliphatic heterocycles. The Labute approximate surface area is 148 Å². The van der Waals surface area contributed by atoms with Gasteiger partial charge in [0.05, 0.1) is 0 Å². The SMILES string of the molecule is C[C@@H](NC(=O)CCNC(=O)c1ccc(Cl)cc1)[C@@H]1C[C@H]2CC[C@H]1C2. The second-order valence-corrected chi connectivity index (χ2v) is 7.64. The van der Waals surface area contributed by atoms with E-state index in [4.69, 9.17) is 11.6 Å². The monoisotopic (exact) mass is 348 g/mol. The molecule has 5 heteroatoms. The van der Waals surface area contributed by atoms with Crippen molar-refractivity contribution >= 4 is 23.4 Å². The first-order chi connectivity index (χ1) is 11.5. The predicted octanol–water partition coefficient (Wildman–Crippen LogP) is 3.40. The Balaban J connectivity index is 1.38. The second-order valence-electron chi connectivity index (χ2n) is 7.21. The minimum Gasteiger partial charge on any atom is -0.353 e. The van der Waals surface area contributed by atoms with Crippen LogP contribution in [0.25, 0.3) is 0 Å². The molecule has 2 aliphatic carbocycles. The van der Waals surface area contributed by atoms with Crippen molar-refractivity contribution in [3.8, 4) is 0 Å². The van der Waals surface area contributed by atoms with Gasteiger partial charge in [0.15, 0.2) is 0 Å². The Morgan fingerprint density at radius 2 is 1.96 bits per heavy atom. The lowest BCUT2D eigenvalue weighted by Gasteiger charge is -2.28. The van der Waals surface area contributed by atoms with Crippen LogP contribution in [0, 0.1) is 17.8 Å². The van der Waals surface area contributed by atoms with Crippen LogP contribution in [-0.2, 0) is 4.79 Å². The number of hydrogen-bond donors (Lipinski definition) is 2. The van der Waals surface area contributed by atoms with Gasteiger partial charge < -0.3 is 10.6 Å². The summed E-state index contributed by atoms with van der Waals surface area (Å²) in [5.41, 5.74) is 0.551. The van der Waals surface area contributed by atoms with E-state index >= 15 is 0 Å². The summed E-state index contributed by atoms with van der Waals surface area (Å²) in [6.45, 7) is 2.46. The topological polar surface area (TPSA) is 58.2 Å². The average molecular weight is 349 g/mol. The molecule has 2 bridgehead atoms. The van der Waals surface area contributed by atoms with Crippen LogP contribution in [0.3, 0.4) is 0 Å². The molecule has 24 heavy (non-hydrogen) atoms. The van der Waals surface area contributed by atoms with Gasteiger partial charge in [-0.2, -0.15) is 0 Å². The second kappa shape index (κ2) is 7.56. The number of rotatable bonds is 6. The summed E-state index contributed by atoms with van der Waals surface area (Å²) in [5, 5.41) is 6.49. The fourth-order valence-corrected chi connectivity index (χ4v) is 4.46. The van der Waals surface area contributed by atoms with E-state index in [2.05, 4.69) is 17.6 Å². The highest BCUT2D eigenvalue weighted by atomic mass is 35.5. The van der Waals surface area contributed by atoms with E-state index in [1.165, 1.54) is 25.7 Å². The van der Waals surface area contributed by atoms with Crippen LogP contribution < -0.4 is 10.6 Å². The number of nitrogens with one attached hydrogen (secondary N) is 2. The molecule has 1 aromatic carbocycles. The van der Waals surface area contributed by atoms with Gasteiger partial charge in [-0.05, 0) is 68.2 Å². The van der Waals surface area contributed by atoms with E-state index in [0.717, 1.165) is 11.8 Å². The van der Waals surface area contributed by atoms with Crippen molar-refractivity contribution in [2.24, 2.45) is 17.8 Å². The van der Waals surface area contributed by atoms with Gasteiger partial charge >= 0.3 is 0 Å². The van der Waals surface area contributed by atoms with Gasteiger partial charge in [0.2, 0.25) is 5.91 Å². The average Bonchev–Trinajstić information content (AvgIpc) is 3.18. The van der Waals surface area contributed by atoms with Crippen LogP contribution >= 0.6 is 11.6 Å². The summed E-state index contributed by atoms with van der Waals surface area (Å²) < 4.78 is 0. The van der Waals surface area contributed by atoms with Crippen LogP contribution in [0.2, 0.25) is 5.02 Å². The number of fused-ring (bicyclic) bond motifs is 2. The highest BCUT2D eigenvalue weighted by Crippen LogP contribution is 2.49. The maximum atomic E-state index is 12.1. The van der Waals surface area contributed by atoms with Gasteiger partial charge in [-0.3, -0.25) is 9.59 Å². The van der Waals surface area contributed by atoms with Crippen molar-refractivity contribution in [2.45, 2.75) is 45.1 Å². The summed E-state index contributed by atoms with van der Waals surface area (Å²) in [7, 11) is 0. The lowest BCUT2D eigenvalue weighted by molar-refractivity contribution is -0.122. The van der Waals surface area contributed by atoms with E-state index in [1.807, 2.05) is 0 Å². The zero-order chi connectivity index (χ0) is 17.1. The fourth-order valence-electron chi connectivity index (χ4n) is 4.33. The van der Waals surface area contributed by atoms with Crippen molar-refractivity contribution in [3.05, 3.63) is 34.9 Å². The number of amides is 2. The molecule has 2 fully saturated rings. The van der Waals surface area contributed by atoms with Crippen LogP contribution in [0.1, 0.15) is 49.4 Å². The molecule has 0 aromatic heterocycles. The van der Waals surface area contributed by atoms with Crippen LogP contribution in [0.4, 0.5) is 0 Å². The molecule has 2 amide bonds. The van der Waals surface area contributed by atoms with E-state index < -0.39 is 0 Å². The van der Waals surface area contributed by atoms with Gasteiger partial charge in [-0.1, -0.05) is 18.0 Å². The lowest BCUT2D eigenvalue weighted by Crippen LogP contribution is -2.41. The zero-order valence-electron chi connectivity index (χ0n) is 14.1. The predicted molar refractivity (Wildman–Crippen MR) is 94.9 cm³/mol. The van der Waals surface area contributed by atoms with E-state index in [9.17, 15) is 9.59 Å². The van der Waals surface area contributed by atoms with Gasteiger partial charge in [0, 0.05) is 29.6 Å². The van der Waals surface area contributed by atoms with Gasteiger partial charge in [-0.25, -0.2) is 0 Å². The standard InChI is InChI=1S/C19H25ClN2O2/c1-12(17-11-13-2-3-15(17)10-13)22-18(23)8-9-21-19(24)14-4-6-16(20)7-5-14/h4-7,12-13,15,17H,2-3,8-11H2,1H3,(H,21,24)(H,22,23)/t12-,13+,15+,17+/m1/s1. The first kappa shape index (κ1) is 17.3. The third-order valence-corrected chi connectivity index (χ3v) is 5.82. The molecule has 2 aliphatic rings. The summed E-state index contributed by atoms with van der Waals surface area (Å²) in [4.78, 5) is 24.1. The molecule has 4 atom stereocenters. The molecule has 0 saturated heterocycles. The normalized spacial score (nSPS) is 26.2. The number of halogens is 1. The maximum absolute atomic E-state index is 12.1. The summed E-state index contributed by atoms with van der Waals surface area (Å²) >= 11 is 5.80. The van der Waals surface area contributed by atoms with Gasteiger partial charge in [-0.15, -0.1) is 0 Å². The largest absolute Gasteiger partial charge is 0.353 e. The third kappa shape index (κ3) is 4.10. The molecular formula is C19H25ClN2O2. The van der Waals surface area contributed by atoms with Crippen molar-refractivity contribution < 1.29 is 9.59 Å². The smallest absolute Gasteiger partial charge is 0.251 e. The molecular weight excluding hydrogens is 324 g/mol. The van der Waals surface area contributed by atoms with Gasteiger partial charge in [0.25, 0.3) is 5.91 Å². The molecule has 2 saturated carbocycles. The first-order valence-electron chi connectivity index (χ1n) is 8.86. The zero-order valence-corrected chi connectivity index (χ0v) is 14.8. The Bertz CT molecular complexity index is 602. The Kier molecular flexibility index (Phi) is 5.44. The van der Waals surface area contributed by atoms with Crippen molar-refractivity contribution in [1.82, 2.24) is 10.6 Å². The summed E-state index contributed by atoms with van der Waals surface area (Å²) in [6, 6.07) is 6.95. The molecule has 0 radical (unpaired) electrons. The summed E-state index contributed by atoms with van der Waals surface area (Å²) in [5.74, 6) is 2.16. The van der Waals surface area contributed by atoms with Crippen LogP contribution in [0.5, 0.6) is 0 Å². The highest BCUT2D eigenvalue weighted by Gasteiger charge is 2.42. The minimum absolute atomic E-state index is 0.0154. The number of carbonyl (C=O) groups is 2. The first-order valence-corrected chi connectivity index (χ1v) is 9.24. The van der Waals surface area contributed by atoms with Crippen LogP contribution in [0.15, 0.2) is 24.3 Å². The van der Waals surface area contributed by atoms with Crippen molar-refractivity contribution in [1.29, 1.82) is 0 Å².